The van der Waals surface area contributed by atoms with Crippen LogP contribution in [-0.4, -0.2) is 65.4 Å². The number of thiazole rings is 1. The monoisotopic (exact) mass is 505 g/mol. The van der Waals surface area contributed by atoms with Crippen LogP contribution in [0.15, 0.2) is 65.9 Å². The molecule has 0 aliphatic carbocycles. The molecule has 1 atom stereocenters. The van der Waals surface area contributed by atoms with Crippen LogP contribution in [0.4, 0.5) is 0 Å². The van der Waals surface area contributed by atoms with Gasteiger partial charge in [-0.05, 0) is 45.1 Å². The molecule has 2 heterocycles. The van der Waals surface area contributed by atoms with Crippen LogP contribution in [0.5, 0.6) is 5.75 Å². The summed E-state index contributed by atoms with van der Waals surface area (Å²) in [5, 5.41) is 11.7. The van der Waals surface area contributed by atoms with Crippen LogP contribution in [0.2, 0.25) is 0 Å². The normalized spacial score (nSPS) is 15.8. The van der Waals surface area contributed by atoms with Crippen molar-refractivity contribution in [1.82, 2.24) is 14.8 Å². The van der Waals surface area contributed by atoms with Gasteiger partial charge in [-0.2, -0.15) is 0 Å². The lowest BCUT2D eigenvalue weighted by molar-refractivity contribution is -0.129. The van der Waals surface area contributed by atoms with Crippen molar-refractivity contribution in [2.45, 2.75) is 26.3 Å². The molecule has 0 bridgehead atoms. The van der Waals surface area contributed by atoms with E-state index < -0.39 is 17.7 Å². The molecule has 1 unspecified atom stereocenters. The number of Topliss-reactive ketones (excluding diaryl/α,β-unsaturated/α-hetero) is 1. The Bertz CT molecular complexity index is 1270. The molecule has 1 aromatic heterocycles. The Morgan fingerprint density at radius 1 is 1.14 bits per heavy atom. The van der Waals surface area contributed by atoms with Crippen molar-refractivity contribution < 1.29 is 19.4 Å². The van der Waals surface area contributed by atoms with Crippen LogP contribution in [0.1, 0.15) is 40.3 Å². The van der Waals surface area contributed by atoms with Gasteiger partial charge in [0, 0.05) is 18.7 Å². The van der Waals surface area contributed by atoms with Gasteiger partial charge >= 0.3 is 0 Å². The van der Waals surface area contributed by atoms with Crippen LogP contribution in [0.25, 0.3) is 10.6 Å². The molecule has 8 heteroatoms. The molecule has 36 heavy (non-hydrogen) atoms. The van der Waals surface area contributed by atoms with Crippen LogP contribution < -0.4 is 4.74 Å². The van der Waals surface area contributed by atoms with Gasteiger partial charge in [0.05, 0.1) is 28.8 Å². The Kier molecular flexibility index (Phi) is 7.86. The number of carbonyl (C=O) groups excluding carboxylic acids is 2. The highest BCUT2D eigenvalue weighted by Crippen LogP contribution is 2.41. The number of benzene rings is 2. The fourth-order valence-electron chi connectivity index (χ4n) is 4.17. The van der Waals surface area contributed by atoms with Gasteiger partial charge < -0.3 is 19.6 Å². The highest BCUT2D eigenvalue weighted by Gasteiger charge is 2.44. The highest BCUT2D eigenvalue weighted by molar-refractivity contribution is 7.17. The van der Waals surface area contributed by atoms with Crippen molar-refractivity contribution in [3.8, 4) is 16.3 Å². The van der Waals surface area contributed by atoms with E-state index in [0.29, 0.717) is 30.3 Å². The summed E-state index contributed by atoms with van der Waals surface area (Å²) in [6.45, 7) is 5.38. The summed E-state index contributed by atoms with van der Waals surface area (Å²) in [5.74, 6) is -0.690. The molecule has 4 rings (SSSR count). The van der Waals surface area contributed by atoms with Gasteiger partial charge in [0.15, 0.2) is 5.76 Å². The summed E-state index contributed by atoms with van der Waals surface area (Å²) in [6, 6.07) is 16.3. The summed E-state index contributed by atoms with van der Waals surface area (Å²) >= 11 is 1.28. The number of nitrogens with zero attached hydrogens (tertiary/aromatic N) is 3. The van der Waals surface area contributed by atoms with E-state index in [2.05, 4.69) is 4.98 Å². The molecule has 3 aromatic rings. The molecule has 1 amide bonds. The SMILES string of the molecule is CCCOc1ccc(C2C(C(=O)c3sc(-c4ccccc4)nc3C)=C(O)C(=O)N2CCN(C)C)cc1. The Balaban J connectivity index is 1.73. The molecule has 0 saturated heterocycles. The van der Waals surface area contributed by atoms with Gasteiger partial charge in [-0.3, -0.25) is 9.59 Å². The summed E-state index contributed by atoms with van der Waals surface area (Å²) in [5.41, 5.74) is 2.32. The zero-order valence-corrected chi connectivity index (χ0v) is 21.8. The standard InChI is InChI=1S/C28H31N3O4S/c1-5-17-35-21-13-11-19(12-14-21)23-22(25(33)28(34)31(23)16-15-30(3)4)24(32)26-18(2)29-27(36-26)20-9-7-6-8-10-20/h6-14,23,33H,5,15-17H2,1-4H3. The van der Waals surface area contributed by atoms with E-state index in [1.807, 2.05) is 80.5 Å². The number of hydrogen-bond donors (Lipinski definition) is 1. The molecular formula is C28H31N3O4S. The van der Waals surface area contributed by atoms with E-state index in [1.54, 1.807) is 11.8 Å². The smallest absolute Gasteiger partial charge is 0.290 e. The molecule has 1 aliphatic rings. The van der Waals surface area contributed by atoms with E-state index in [0.717, 1.165) is 28.3 Å². The number of rotatable bonds is 10. The number of carbonyl (C=O) groups is 2. The Hall–Kier alpha value is -3.49. The maximum absolute atomic E-state index is 13.9. The number of aryl methyl sites for hydroxylation is 1. The second-order valence-electron chi connectivity index (χ2n) is 9.01. The second-order valence-corrected chi connectivity index (χ2v) is 10.0. The summed E-state index contributed by atoms with van der Waals surface area (Å²) in [6.07, 6.45) is 0.894. The predicted molar refractivity (Wildman–Crippen MR) is 142 cm³/mol. The van der Waals surface area contributed by atoms with Gasteiger partial charge in [0.1, 0.15) is 10.8 Å². The van der Waals surface area contributed by atoms with Crippen LogP contribution in [0.3, 0.4) is 0 Å². The number of ether oxygens (including phenoxy) is 1. The number of aliphatic hydroxyl groups excluding tert-OH is 1. The number of ketones is 1. The molecular weight excluding hydrogens is 474 g/mol. The van der Waals surface area contributed by atoms with E-state index in [-0.39, 0.29) is 11.4 Å². The molecule has 2 aromatic carbocycles. The number of hydrogen-bond acceptors (Lipinski definition) is 7. The summed E-state index contributed by atoms with van der Waals surface area (Å²) < 4.78 is 5.70. The minimum absolute atomic E-state index is 0.0901. The second kappa shape index (κ2) is 11.1. The first-order valence-corrected chi connectivity index (χ1v) is 12.8. The average Bonchev–Trinajstić information content (AvgIpc) is 3.39. The number of aromatic nitrogens is 1. The van der Waals surface area contributed by atoms with E-state index in [4.69, 9.17) is 4.74 Å². The molecule has 7 nitrogen and oxygen atoms in total. The van der Waals surface area contributed by atoms with Crippen LogP contribution in [-0.2, 0) is 4.79 Å². The van der Waals surface area contributed by atoms with Crippen molar-refractivity contribution in [2.75, 3.05) is 33.8 Å². The average molecular weight is 506 g/mol. The lowest BCUT2D eigenvalue weighted by Gasteiger charge is -2.28. The van der Waals surface area contributed by atoms with E-state index in [9.17, 15) is 14.7 Å². The van der Waals surface area contributed by atoms with Gasteiger partial charge in [0.2, 0.25) is 5.78 Å². The van der Waals surface area contributed by atoms with Crippen LogP contribution in [0, 0.1) is 6.92 Å². The van der Waals surface area contributed by atoms with Crippen molar-refractivity contribution in [2.24, 2.45) is 0 Å². The minimum Gasteiger partial charge on any atom is -0.503 e. The quantitative estimate of drug-likeness (QED) is 0.389. The largest absolute Gasteiger partial charge is 0.503 e. The molecule has 0 spiro atoms. The zero-order chi connectivity index (χ0) is 25.8. The maximum Gasteiger partial charge on any atom is 0.290 e. The van der Waals surface area contributed by atoms with E-state index >= 15 is 0 Å². The van der Waals surface area contributed by atoms with Crippen molar-refractivity contribution in [3.63, 3.8) is 0 Å². The van der Waals surface area contributed by atoms with Gasteiger partial charge in [-0.25, -0.2) is 4.98 Å². The Morgan fingerprint density at radius 3 is 2.47 bits per heavy atom. The Morgan fingerprint density at radius 2 is 1.83 bits per heavy atom. The maximum atomic E-state index is 13.9. The molecule has 1 aliphatic heterocycles. The van der Waals surface area contributed by atoms with Crippen molar-refractivity contribution in [1.29, 1.82) is 0 Å². The van der Waals surface area contributed by atoms with E-state index in [1.165, 1.54) is 11.3 Å². The lowest BCUT2D eigenvalue weighted by atomic mass is 9.95. The number of likely N-dealkylation sites (N-methyl/N-ethyl adjacent to an activating group) is 1. The third-order valence-corrected chi connectivity index (χ3v) is 7.23. The summed E-state index contributed by atoms with van der Waals surface area (Å²) in [4.78, 5) is 35.6. The predicted octanol–water partition coefficient (Wildman–Crippen LogP) is 5.05. The first kappa shape index (κ1) is 25.6. The highest BCUT2D eigenvalue weighted by atomic mass is 32.1. The number of amides is 1. The van der Waals surface area contributed by atoms with Gasteiger partial charge in [-0.1, -0.05) is 49.4 Å². The fourth-order valence-corrected chi connectivity index (χ4v) is 5.20. The number of aliphatic hydroxyl groups is 1. The first-order valence-electron chi connectivity index (χ1n) is 12.0. The summed E-state index contributed by atoms with van der Waals surface area (Å²) in [7, 11) is 3.83. The fraction of sp³-hybridized carbons (Fsp3) is 0.321. The molecule has 0 fully saturated rings. The third kappa shape index (κ3) is 5.20. The topological polar surface area (TPSA) is 83.0 Å². The van der Waals surface area contributed by atoms with Gasteiger partial charge in [0.25, 0.3) is 5.91 Å². The molecule has 0 saturated carbocycles. The van der Waals surface area contributed by atoms with Crippen molar-refractivity contribution >= 4 is 23.0 Å². The Labute approximate surface area is 215 Å². The van der Waals surface area contributed by atoms with Crippen molar-refractivity contribution in [3.05, 3.63) is 82.1 Å². The van der Waals surface area contributed by atoms with Gasteiger partial charge in [-0.15, -0.1) is 11.3 Å². The zero-order valence-electron chi connectivity index (χ0n) is 21.0. The molecule has 1 N–H and O–H groups in total. The molecule has 188 valence electrons. The third-order valence-electron chi connectivity index (χ3n) is 6.03. The lowest BCUT2D eigenvalue weighted by Crippen LogP contribution is -2.36. The first-order chi connectivity index (χ1) is 17.3. The molecule has 0 radical (unpaired) electrons. The van der Waals surface area contributed by atoms with Crippen LogP contribution >= 0.6 is 11.3 Å². The minimum atomic E-state index is -0.702.